The normalized spacial score (nSPS) is 10.7. The molecule has 0 saturated heterocycles. The molecule has 3 rings (SSSR count). The van der Waals surface area contributed by atoms with Gasteiger partial charge in [0.15, 0.2) is 0 Å². The molecule has 2 aromatic carbocycles. The molecule has 5 heteroatoms. The van der Waals surface area contributed by atoms with E-state index >= 15 is 0 Å². The highest BCUT2D eigenvalue weighted by Gasteiger charge is 2.17. The summed E-state index contributed by atoms with van der Waals surface area (Å²) in [6, 6.07) is 14.9. The van der Waals surface area contributed by atoms with Crippen molar-refractivity contribution in [3.05, 3.63) is 65.4 Å². The number of carbonyl (C=O) groups excluding carboxylic acids is 1. The van der Waals surface area contributed by atoms with Crippen LogP contribution >= 0.6 is 0 Å². The molecule has 1 aromatic heterocycles. The molecule has 3 aromatic rings. The van der Waals surface area contributed by atoms with Gasteiger partial charge in [0.2, 0.25) is 11.7 Å². The predicted octanol–water partition coefficient (Wildman–Crippen LogP) is 4.01. The first-order valence-corrected chi connectivity index (χ1v) is 7.65. The first-order valence-electron chi connectivity index (χ1n) is 7.65. The van der Waals surface area contributed by atoms with Crippen LogP contribution in [0.25, 0.3) is 11.0 Å². The number of hydrogen-bond donors (Lipinski definition) is 2. The second-order valence-corrected chi connectivity index (χ2v) is 5.61. The van der Waals surface area contributed by atoms with E-state index in [0.717, 1.165) is 5.56 Å². The van der Waals surface area contributed by atoms with Crippen LogP contribution < -0.4 is 5.32 Å². The van der Waals surface area contributed by atoms with Gasteiger partial charge in [0, 0.05) is 23.1 Å². The first kappa shape index (κ1) is 15.8. The van der Waals surface area contributed by atoms with Gasteiger partial charge in [-0.15, -0.1) is 0 Å². The Bertz CT molecular complexity index is 896. The minimum atomic E-state index is -1.10. The molecular formula is C19H17NO4. The molecule has 1 heterocycles. The predicted molar refractivity (Wildman–Crippen MR) is 91.3 cm³/mol. The van der Waals surface area contributed by atoms with E-state index in [4.69, 9.17) is 9.52 Å². The average Bonchev–Trinajstić information content (AvgIpc) is 2.91. The smallest absolute Gasteiger partial charge is 0.372 e. The van der Waals surface area contributed by atoms with Crippen molar-refractivity contribution in [2.45, 2.75) is 19.8 Å². The van der Waals surface area contributed by atoms with Gasteiger partial charge in [0.25, 0.3) is 0 Å². The summed E-state index contributed by atoms with van der Waals surface area (Å²) in [6.45, 7) is 1.69. The van der Waals surface area contributed by atoms with E-state index in [0.29, 0.717) is 35.1 Å². The molecular weight excluding hydrogens is 306 g/mol. The summed E-state index contributed by atoms with van der Waals surface area (Å²) in [6.07, 6.45) is 1.05. The van der Waals surface area contributed by atoms with Crippen molar-refractivity contribution in [2.75, 3.05) is 5.32 Å². The maximum atomic E-state index is 12.1. The maximum Gasteiger partial charge on any atom is 0.372 e. The summed E-state index contributed by atoms with van der Waals surface area (Å²) in [5.41, 5.74) is 2.78. The van der Waals surface area contributed by atoms with Gasteiger partial charge in [-0.1, -0.05) is 30.3 Å². The van der Waals surface area contributed by atoms with Gasteiger partial charge in [-0.3, -0.25) is 4.79 Å². The third kappa shape index (κ3) is 3.30. The Morgan fingerprint density at radius 1 is 1.12 bits per heavy atom. The Hall–Kier alpha value is -3.08. The first-order chi connectivity index (χ1) is 11.5. The number of hydrogen-bond acceptors (Lipinski definition) is 3. The largest absolute Gasteiger partial charge is 0.475 e. The van der Waals surface area contributed by atoms with Gasteiger partial charge in [0.05, 0.1) is 0 Å². The molecule has 2 N–H and O–H groups in total. The van der Waals surface area contributed by atoms with Crippen molar-refractivity contribution in [1.29, 1.82) is 0 Å². The summed E-state index contributed by atoms with van der Waals surface area (Å²) in [7, 11) is 0. The molecule has 0 aliphatic rings. The van der Waals surface area contributed by atoms with E-state index in [2.05, 4.69) is 5.32 Å². The summed E-state index contributed by atoms with van der Waals surface area (Å²) in [5, 5.41) is 12.6. The van der Waals surface area contributed by atoms with Crippen LogP contribution in [0.3, 0.4) is 0 Å². The number of carboxylic acids is 1. The molecule has 122 valence electrons. The second-order valence-electron chi connectivity index (χ2n) is 5.61. The number of anilines is 1. The monoisotopic (exact) mass is 323 g/mol. The molecule has 0 radical (unpaired) electrons. The average molecular weight is 323 g/mol. The molecule has 0 saturated carbocycles. The SMILES string of the molecule is Cc1c(C(=O)O)oc2ccc(NC(=O)CCc3ccccc3)cc12. The molecule has 0 unspecified atom stereocenters. The fourth-order valence-electron chi connectivity index (χ4n) is 2.63. The van der Waals surface area contributed by atoms with Crippen LogP contribution in [0.1, 0.15) is 28.1 Å². The second kappa shape index (κ2) is 6.58. The van der Waals surface area contributed by atoms with E-state index in [9.17, 15) is 9.59 Å². The van der Waals surface area contributed by atoms with Crippen LogP contribution in [-0.2, 0) is 11.2 Å². The number of fused-ring (bicyclic) bond motifs is 1. The molecule has 0 fully saturated rings. The number of carbonyl (C=O) groups is 2. The van der Waals surface area contributed by atoms with Crippen molar-refractivity contribution >= 4 is 28.5 Å². The lowest BCUT2D eigenvalue weighted by atomic mass is 10.1. The van der Waals surface area contributed by atoms with Crippen molar-refractivity contribution in [2.24, 2.45) is 0 Å². The number of aromatic carboxylic acids is 1. The van der Waals surface area contributed by atoms with Gasteiger partial charge < -0.3 is 14.8 Å². The van der Waals surface area contributed by atoms with Crippen molar-refractivity contribution in [1.82, 2.24) is 0 Å². The highest BCUT2D eigenvalue weighted by atomic mass is 16.4. The minimum Gasteiger partial charge on any atom is -0.475 e. The molecule has 0 spiro atoms. The standard InChI is InChI=1S/C19H17NO4/c1-12-15-11-14(8-9-16(15)24-18(12)19(22)23)20-17(21)10-7-13-5-3-2-4-6-13/h2-6,8-9,11H,7,10H2,1H3,(H,20,21)(H,22,23). The summed E-state index contributed by atoms with van der Waals surface area (Å²) in [5.74, 6) is -1.26. The van der Waals surface area contributed by atoms with Crippen LogP contribution in [-0.4, -0.2) is 17.0 Å². The van der Waals surface area contributed by atoms with Crippen LogP contribution in [0.5, 0.6) is 0 Å². The lowest BCUT2D eigenvalue weighted by Gasteiger charge is -2.05. The van der Waals surface area contributed by atoms with Crippen molar-refractivity contribution in [3.8, 4) is 0 Å². The molecule has 0 aliphatic heterocycles. The van der Waals surface area contributed by atoms with Gasteiger partial charge in [-0.25, -0.2) is 4.79 Å². The van der Waals surface area contributed by atoms with Crippen molar-refractivity contribution in [3.63, 3.8) is 0 Å². The van der Waals surface area contributed by atoms with E-state index in [1.165, 1.54) is 0 Å². The maximum absolute atomic E-state index is 12.1. The zero-order valence-corrected chi connectivity index (χ0v) is 13.2. The number of carboxylic acid groups (broad SMARTS) is 1. The Labute approximate surface area is 138 Å². The van der Waals surface area contributed by atoms with E-state index in [1.54, 1.807) is 25.1 Å². The number of aryl methyl sites for hydroxylation is 2. The summed E-state index contributed by atoms with van der Waals surface area (Å²) >= 11 is 0. The molecule has 0 aliphatic carbocycles. The number of amides is 1. The molecule has 0 atom stereocenters. The quantitative estimate of drug-likeness (QED) is 0.743. The van der Waals surface area contributed by atoms with E-state index in [-0.39, 0.29) is 11.7 Å². The van der Waals surface area contributed by atoms with Crippen molar-refractivity contribution < 1.29 is 19.1 Å². The Balaban J connectivity index is 1.71. The zero-order valence-electron chi connectivity index (χ0n) is 13.2. The highest BCUT2D eigenvalue weighted by molar-refractivity contribution is 5.98. The molecule has 24 heavy (non-hydrogen) atoms. The van der Waals surface area contributed by atoms with Gasteiger partial charge in [-0.05, 0) is 37.1 Å². The molecule has 5 nitrogen and oxygen atoms in total. The van der Waals surface area contributed by atoms with E-state index in [1.807, 2.05) is 30.3 Å². The van der Waals surface area contributed by atoms with Crippen LogP contribution in [0, 0.1) is 6.92 Å². The number of rotatable bonds is 5. The lowest BCUT2D eigenvalue weighted by molar-refractivity contribution is -0.116. The van der Waals surface area contributed by atoms with Crippen LogP contribution in [0.15, 0.2) is 52.9 Å². The number of benzene rings is 2. The molecule has 1 amide bonds. The topological polar surface area (TPSA) is 79.5 Å². The third-order valence-corrected chi connectivity index (χ3v) is 3.90. The van der Waals surface area contributed by atoms with Gasteiger partial charge >= 0.3 is 5.97 Å². The van der Waals surface area contributed by atoms with Crippen LogP contribution in [0.2, 0.25) is 0 Å². The Kier molecular flexibility index (Phi) is 4.33. The Morgan fingerprint density at radius 3 is 2.58 bits per heavy atom. The fourth-order valence-corrected chi connectivity index (χ4v) is 2.63. The number of nitrogens with one attached hydrogen (secondary N) is 1. The third-order valence-electron chi connectivity index (χ3n) is 3.90. The fraction of sp³-hybridized carbons (Fsp3) is 0.158. The van der Waals surface area contributed by atoms with E-state index < -0.39 is 5.97 Å². The lowest BCUT2D eigenvalue weighted by Crippen LogP contribution is -2.12. The van der Waals surface area contributed by atoms with Crippen LogP contribution in [0.4, 0.5) is 5.69 Å². The molecule has 0 bridgehead atoms. The minimum absolute atomic E-state index is 0.0717. The van der Waals surface area contributed by atoms with Gasteiger partial charge in [-0.2, -0.15) is 0 Å². The summed E-state index contributed by atoms with van der Waals surface area (Å²) in [4.78, 5) is 23.2. The number of furan rings is 1. The van der Waals surface area contributed by atoms with Gasteiger partial charge in [0.1, 0.15) is 5.58 Å². The summed E-state index contributed by atoms with van der Waals surface area (Å²) < 4.78 is 5.31. The highest BCUT2D eigenvalue weighted by Crippen LogP contribution is 2.28. The Morgan fingerprint density at radius 2 is 1.88 bits per heavy atom. The zero-order chi connectivity index (χ0) is 17.1.